The first kappa shape index (κ1) is 37.3. The number of rotatable bonds is 4. The van der Waals surface area contributed by atoms with Crippen LogP contribution in [0, 0.1) is 0 Å². The third-order valence-corrected chi connectivity index (χ3v) is 16.2. The fourth-order valence-electron chi connectivity index (χ4n) is 12.4. The molecule has 322 valence electrons. The standard InChI is InChI=1S/C63H37N3O2S/c1-2-12-38(13-3-1)39-22-24-40(25-23-39)64-53-20-10-6-16-45(53)59-55(64)28-29-56-60(59)63(49-32-34-67-61(49)62-50(63)33-35-68-62)48-17-7-11-21-54(48)66(56)42-27-31-58-47(37-42)46-36-41(26-30-57(46)69-58)65-51-18-8-4-14-43(51)44-15-5-9-19-52(44)65/h1-37H. The second-order valence-electron chi connectivity index (χ2n) is 18.4. The van der Waals surface area contributed by atoms with E-state index in [1.54, 1.807) is 0 Å². The zero-order valence-corrected chi connectivity index (χ0v) is 37.7. The van der Waals surface area contributed by atoms with Crippen LogP contribution in [-0.4, -0.2) is 9.13 Å². The van der Waals surface area contributed by atoms with Crippen LogP contribution < -0.4 is 4.90 Å². The first-order valence-corrected chi connectivity index (χ1v) is 24.3. The van der Waals surface area contributed by atoms with E-state index in [4.69, 9.17) is 8.83 Å². The Bertz CT molecular complexity index is 4350. The fourth-order valence-corrected chi connectivity index (χ4v) is 13.4. The maximum absolute atomic E-state index is 6.40. The van der Waals surface area contributed by atoms with Crippen molar-refractivity contribution in [3.63, 3.8) is 0 Å². The molecule has 5 aromatic heterocycles. The molecule has 0 saturated carbocycles. The highest BCUT2D eigenvalue weighted by atomic mass is 32.1. The number of thiophene rings is 1. The summed E-state index contributed by atoms with van der Waals surface area (Å²) in [7, 11) is 0. The Morgan fingerprint density at radius 2 is 0.899 bits per heavy atom. The third-order valence-electron chi connectivity index (χ3n) is 15.1. The van der Waals surface area contributed by atoms with Gasteiger partial charge in [-0.3, -0.25) is 0 Å². The van der Waals surface area contributed by atoms with E-state index in [1.165, 1.54) is 75.0 Å². The van der Waals surface area contributed by atoms with Crippen LogP contribution in [-0.2, 0) is 5.41 Å². The molecule has 0 unspecified atom stereocenters. The summed E-state index contributed by atoms with van der Waals surface area (Å²) in [6.07, 6.45) is 3.65. The van der Waals surface area contributed by atoms with Gasteiger partial charge in [-0.15, -0.1) is 11.3 Å². The molecular weight excluding hydrogens is 863 g/mol. The first-order valence-electron chi connectivity index (χ1n) is 23.5. The van der Waals surface area contributed by atoms with Gasteiger partial charge in [0.2, 0.25) is 0 Å². The summed E-state index contributed by atoms with van der Waals surface area (Å²) in [4.78, 5) is 2.51. The molecule has 1 aliphatic heterocycles. The molecule has 0 N–H and O–H groups in total. The third kappa shape index (κ3) is 4.82. The molecule has 6 heterocycles. The lowest BCUT2D eigenvalue weighted by atomic mass is 9.64. The van der Waals surface area contributed by atoms with Gasteiger partial charge in [0, 0.05) is 75.5 Å². The van der Waals surface area contributed by atoms with E-state index in [2.05, 4.69) is 226 Å². The monoisotopic (exact) mass is 899 g/mol. The molecule has 1 aliphatic carbocycles. The minimum absolute atomic E-state index is 0.741. The summed E-state index contributed by atoms with van der Waals surface area (Å²) < 4.78 is 20.2. The van der Waals surface area contributed by atoms with Crippen molar-refractivity contribution < 1.29 is 8.83 Å². The zero-order valence-electron chi connectivity index (χ0n) is 36.9. The van der Waals surface area contributed by atoms with E-state index in [9.17, 15) is 0 Å². The highest BCUT2D eigenvalue weighted by Gasteiger charge is 2.56. The van der Waals surface area contributed by atoms with E-state index in [1.807, 2.05) is 23.9 Å². The van der Waals surface area contributed by atoms with Crippen molar-refractivity contribution in [1.82, 2.24) is 9.13 Å². The Hall–Kier alpha value is -8.84. The number of aromatic nitrogens is 2. The minimum Gasteiger partial charge on any atom is -0.461 e. The van der Waals surface area contributed by atoms with Gasteiger partial charge in [0.25, 0.3) is 0 Å². The maximum atomic E-state index is 6.40. The molecule has 1 spiro atoms. The second-order valence-corrected chi connectivity index (χ2v) is 19.5. The van der Waals surface area contributed by atoms with Crippen LogP contribution in [0.5, 0.6) is 0 Å². The van der Waals surface area contributed by atoms with Crippen molar-refractivity contribution in [2.45, 2.75) is 5.41 Å². The molecule has 0 fully saturated rings. The van der Waals surface area contributed by atoms with Crippen molar-refractivity contribution in [2.24, 2.45) is 0 Å². The predicted molar refractivity (Wildman–Crippen MR) is 284 cm³/mol. The van der Waals surface area contributed by atoms with Gasteiger partial charge in [-0.1, -0.05) is 115 Å². The molecule has 9 aromatic carbocycles. The van der Waals surface area contributed by atoms with Crippen LogP contribution >= 0.6 is 11.3 Å². The summed E-state index contributed by atoms with van der Waals surface area (Å²) >= 11 is 1.86. The van der Waals surface area contributed by atoms with Crippen molar-refractivity contribution in [3.05, 3.63) is 247 Å². The van der Waals surface area contributed by atoms with Crippen LogP contribution in [0.4, 0.5) is 17.1 Å². The number of para-hydroxylation sites is 4. The lowest BCUT2D eigenvalue weighted by Gasteiger charge is -2.44. The lowest BCUT2D eigenvalue weighted by molar-refractivity contribution is 0.525. The van der Waals surface area contributed by atoms with Gasteiger partial charge in [0.1, 0.15) is 0 Å². The lowest BCUT2D eigenvalue weighted by Crippen LogP contribution is -2.36. The van der Waals surface area contributed by atoms with Crippen molar-refractivity contribution in [3.8, 4) is 34.0 Å². The van der Waals surface area contributed by atoms with E-state index in [0.717, 1.165) is 62.1 Å². The van der Waals surface area contributed by atoms with Crippen LogP contribution in [0.25, 0.3) is 97.8 Å². The first-order chi connectivity index (χ1) is 34.2. The van der Waals surface area contributed by atoms with Gasteiger partial charge >= 0.3 is 0 Å². The molecule has 16 rings (SSSR count). The average molecular weight is 900 g/mol. The molecule has 2 aliphatic rings. The van der Waals surface area contributed by atoms with Crippen molar-refractivity contribution in [2.75, 3.05) is 4.90 Å². The number of hydrogen-bond acceptors (Lipinski definition) is 4. The minimum atomic E-state index is -0.741. The normalized spacial score (nSPS) is 13.6. The topological polar surface area (TPSA) is 39.4 Å². The fraction of sp³-hybridized carbons (Fsp3) is 0.0159. The van der Waals surface area contributed by atoms with E-state index in [0.29, 0.717) is 0 Å². The second kappa shape index (κ2) is 13.6. The molecular formula is C63H37N3O2S. The number of anilines is 3. The van der Waals surface area contributed by atoms with Crippen LogP contribution in [0.3, 0.4) is 0 Å². The number of fused-ring (bicyclic) bond motifs is 19. The molecule has 0 atom stereocenters. The van der Waals surface area contributed by atoms with Crippen LogP contribution in [0.2, 0.25) is 0 Å². The van der Waals surface area contributed by atoms with Gasteiger partial charge in [0.15, 0.2) is 11.5 Å². The molecule has 0 bridgehead atoms. The summed E-state index contributed by atoms with van der Waals surface area (Å²) in [6, 6.07) is 78.0. The summed E-state index contributed by atoms with van der Waals surface area (Å²) in [5.41, 5.74) is 16.5. The van der Waals surface area contributed by atoms with E-state index in [-0.39, 0.29) is 0 Å². The summed E-state index contributed by atoms with van der Waals surface area (Å²) in [5, 5.41) is 7.40. The molecule has 5 nitrogen and oxygen atoms in total. The summed E-state index contributed by atoms with van der Waals surface area (Å²) in [6.45, 7) is 0. The molecule has 14 aromatic rings. The largest absolute Gasteiger partial charge is 0.461 e. The Morgan fingerprint density at radius 3 is 1.59 bits per heavy atom. The van der Waals surface area contributed by atoms with E-state index < -0.39 is 5.41 Å². The summed E-state index contributed by atoms with van der Waals surface area (Å²) in [5.74, 6) is 1.57. The van der Waals surface area contributed by atoms with Crippen molar-refractivity contribution >= 4 is 92.2 Å². The predicted octanol–water partition coefficient (Wildman–Crippen LogP) is 17.2. The Kier molecular flexibility index (Phi) is 7.36. The number of nitrogens with zero attached hydrogens (tertiary/aromatic N) is 3. The molecule has 0 saturated heterocycles. The molecule has 6 heteroatoms. The highest BCUT2D eigenvalue weighted by molar-refractivity contribution is 7.25. The number of furan rings is 2. The van der Waals surface area contributed by atoms with Gasteiger partial charge < -0.3 is 22.9 Å². The Balaban J connectivity index is 0.970. The van der Waals surface area contributed by atoms with E-state index >= 15 is 0 Å². The smallest absolute Gasteiger partial charge is 0.174 e. The van der Waals surface area contributed by atoms with Gasteiger partial charge in [-0.25, -0.2) is 0 Å². The average Bonchev–Trinajstić information content (AvgIpc) is 4.28. The van der Waals surface area contributed by atoms with Crippen LogP contribution in [0.15, 0.2) is 234 Å². The highest BCUT2D eigenvalue weighted by Crippen LogP contribution is 2.66. The SMILES string of the molecule is c1ccc(-c2ccc(-n3c4ccccc4c4c5c(ccc43)N(c3ccc4sc6ccc(-n7c8ccccc8c8ccccc87)cc6c4c3)c3ccccc3C53c4ccoc4-c4occc43)cc2)cc1. The molecule has 0 amide bonds. The Morgan fingerprint density at radius 1 is 0.362 bits per heavy atom. The molecule has 69 heavy (non-hydrogen) atoms. The van der Waals surface area contributed by atoms with Crippen LogP contribution in [0.1, 0.15) is 22.3 Å². The number of hydrogen-bond donors (Lipinski definition) is 0. The quantitative estimate of drug-likeness (QED) is 0.177. The zero-order chi connectivity index (χ0) is 45.0. The van der Waals surface area contributed by atoms with Gasteiger partial charge in [-0.2, -0.15) is 0 Å². The van der Waals surface area contributed by atoms with Gasteiger partial charge in [-0.05, 0) is 114 Å². The molecule has 0 radical (unpaired) electrons. The Labute approximate surface area is 399 Å². The maximum Gasteiger partial charge on any atom is 0.174 e. The van der Waals surface area contributed by atoms with Gasteiger partial charge in [0.05, 0.1) is 51.4 Å². The van der Waals surface area contributed by atoms with Crippen molar-refractivity contribution in [1.29, 1.82) is 0 Å². The number of benzene rings is 9.